The molecule has 7 heteroatoms. The predicted molar refractivity (Wildman–Crippen MR) is 121 cm³/mol. The Balaban J connectivity index is 1.54. The standard InChI is InChI=1S/C23H24ClN3O2S/c1-14-19-7-5-11-26(19)22-17(16-6-3-4-8-21(16)30-22)13-27(14)23(28)25-18-12-15(24)9-10-20(18)29-2/h5,7,9-12,14H,3-4,6,8,13H2,1-2H3,(H,25,28). The van der Waals surface area contributed by atoms with Crippen LogP contribution < -0.4 is 10.1 Å². The van der Waals surface area contributed by atoms with Gasteiger partial charge in [-0.3, -0.25) is 0 Å². The molecule has 1 unspecified atom stereocenters. The number of benzene rings is 1. The van der Waals surface area contributed by atoms with Crippen molar-refractivity contribution >= 4 is 34.7 Å². The summed E-state index contributed by atoms with van der Waals surface area (Å²) < 4.78 is 7.68. The molecule has 0 saturated carbocycles. The molecule has 5 nitrogen and oxygen atoms in total. The van der Waals surface area contributed by atoms with E-state index in [4.69, 9.17) is 16.3 Å². The summed E-state index contributed by atoms with van der Waals surface area (Å²) in [5.74, 6) is 0.590. The summed E-state index contributed by atoms with van der Waals surface area (Å²) in [5, 5.41) is 4.85. The highest BCUT2D eigenvalue weighted by molar-refractivity contribution is 7.15. The maximum Gasteiger partial charge on any atom is 0.322 e. The molecule has 30 heavy (non-hydrogen) atoms. The van der Waals surface area contributed by atoms with Gasteiger partial charge < -0.3 is 19.5 Å². The Hall–Kier alpha value is -2.44. The maximum absolute atomic E-state index is 13.5. The molecule has 3 aromatic rings. The minimum atomic E-state index is -0.153. The van der Waals surface area contributed by atoms with E-state index in [9.17, 15) is 4.79 Å². The lowest BCUT2D eigenvalue weighted by molar-refractivity contribution is 0.189. The first-order valence-electron chi connectivity index (χ1n) is 10.3. The summed E-state index contributed by atoms with van der Waals surface area (Å²) >= 11 is 8.05. The van der Waals surface area contributed by atoms with Gasteiger partial charge >= 0.3 is 6.03 Å². The minimum Gasteiger partial charge on any atom is -0.495 e. The van der Waals surface area contributed by atoms with Crippen LogP contribution in [0.15, 0.2) is 36.5 Å². The number of aryl methyl sites for hydroxylation is 1. The number of urea groups is 1. The van der Waals surface area contributed by atoms with Crippen molar-refractivity contribution < 1.29 is 9.53 Å². The lowest BCUT2D eigenvalue weighted by Crippen LogP contribution is -2.36. The molecule has 0 radical (unpaired) electrons. The van der Waals surface area contributed by atoms with Gasteiger partial charge in [0.1, 0.15) is 10.8 Å². The van der Waals surface area contributed by atoms with Gasteiger partial charge in [0, 0.05) is 27.4 Å². The van der Waals surface area contributed by atoms with Crippen molar-refractivity contribution in [1.29, 1.82) is 0 Å². The van der Waals surface area contributed by atoms with Crippen LogP contribution in [0, 0.1) is 0 Å². The Labute approximate surface area is 185 Å². The fourth-order valence-corrected chi connectivity index (χ4v) is 6.15. The average molecular weight is 442 g/mol. The summed E-state index contributed by atoms with van der Waals surface area (Å²) in [6.45, 7) is 2.68. The van der Waals surface area contributed by atoms with Crippen molar-refractivity contribution in [2.75, 3.05) is 12.4 Å². The lowest BCUT2D eigenvalue weighted by atomic mass is 9.95. The second-order valence-corrected chi connectivity index (χ2v) is 9.40. The first-order valence-corrected chi connectivity index (χ1v) is 11.5. The third kappa shape index (κ3) is 3.19. The van der Waals surface area contributed by atoms with Crippen molar-refractivity contribution in [3.05, 3.63) is 63.2 Å². The molecule has 0 spiro atoms. The van der Waals surface area contributed by atoms with Gasteiger partial charge in [0.25, 0.3) is 0 Å². The maximum atomic E-state index is 13.5. The molecular weight excluding hydrogens is 418 g/mol. The van der Waals surface area contributed by atoms with E-state index < -0.39 is 0 Å². The molecule has 1 aliphatic heterocycles. The molecule has 1 aromatic carbocycles. The molecule has 2 aliphatic rings. The molecule has 0 saturated heterocycles. The highest BCUT2D eigenvalue weighted by Crippen LogP contribution is 2.42. The number of hydrogen-bond acceptors (Lipinski definition) is 3. The van der Waals surface area contributed by atoms with Crippen LogP contribution in [0.3, 0.4) is 0 Å². The number of anilines is 1. The Kier molecular flexibility index (Phi) is 4.99. The Bertz CT molecular complexity index is 1120. The van der Waals surface area contributed by atoms with Crippen molar-refractivity contribution in [3.8, 4) is 10.8 Å². The summed E-state index contributed by atoms with van der Waals surface area (Å²) in [5.41, 5.74) is 4.45. The van der Waals surface area contributed by atoms with E-state index >= 15 is 0 Å². The minimum absolute atomic E-state index is 0.0657. The fraction of sp³-hybridized carbons (Fsp3) is 0.348. The monoisotopic (exact) mass is 441 g/mol. The van der Waals surface area contributed by atoms with Crippen LogP contribution in [0.5, 0.6) is 5.75 Å². The Morgan fingerprint density at radius 2 is 2.07 bits per heavy atom. The van der Waals surface area contributed by atoms with Crippen LogP contribution in [-0.2, 0) is 19.4 Å². The number of nitrogens with one attached hydrogen (secondary N) is 1. The first-order chi connectivity index (χ1) is 14.6. The molecule has 0 bridgehead atoms. The van der Waals surface area contributed by atoms with Crippen LogP contribution in [0.2, 0.25) is 5.02 Å². The zero-order valence-electron chi connectivity index (χ0n) is 17.1. The zero-order valence-corrected chi connectivity index (χ0v) is 18.6. The summed E-state index contributed by atoms with van der Waals surface area (Å²) in [6, 6.07) is 9.20. The smallest absolute Gasteiger partial charge is 0.322 e. The molecule has 1 atom stereocenters. The Morgan fingerprint density at radius 3 is 2.90 bits per heavy atom. The lowest BCUT2D eigenvalue weighted by Gasteiger charge is -2.28. The van der Waals surface area contributed by atoms with Gasteiger partial charge in [-0.1, -0.05) is 11.6 Å². The van der Waals surface area contributed by atoms with Gasteiger partial charge in [-0.15, -0.1) is 11.3 Å². The second kappa shape index (κ2) is 7.67. The molecule has 156 valence electrons. The number of amides is 2. The molecule has 5 rings (SSSR count). The fourth-order valence-electron chi connectivity index (χ4n) is 4.57. The molecular formula is C23H24ClN3O2S. The van der Waals surface area contributed by atoms with E-state index in [-0.39, 0.29) is 12.1 Å². The predicted octanol–water partition coefficient (Wildman–Crippen LogP) is 6.19. The molecule has 2 aromatic heterocycles. The SMILES string of the molecule is COc1ccc(Cl)cc1NC(=O)N1Cc2c(sc3c2CCCC3)-n2cccc2C1C. The summed E-state index contributed by atoms with van der Waals surface area (Å²) in [7, 11) is 1.59. The highest BCUT2D eigenvalue weighted by Gasteiger charge is 2.33. The Morgan fingerprint density at radius 1 is 1.23 bits per heavy atom. The number of nitrogens with zero attached hydrogens (tertiary/aromatic N) is 2. The zero-order chi connectivity index (χ0) is 20.8. The van der Waals surface area contributed by atoms with Crippen molar-refractivity contribution in [2.24, 2.45) is 0 Å². The summed E-state index contributed by atoms with van der Waals surface area (Å²) in [4.78, 5) is 16.9. The van der Waals surface area contributed by atoms with E-state index in [2.05, 4.69) is 35.1 Å². The topological polar surface area (TPSA) is 46.5 Å². The van der Waals surface area contributed by atoms with Crippen molar-refractivity contribution in [1.82, 2.24) is 9.47 Å². The van der Waals surface area contributed by atoms with Gasteiger partial charge in [-0.2, -0.15) is 0 Å². The van der Waals surface area contributed by atoms with Crippen LogP contribution >= 0.6 is 22.9 Å². The van der Waals surface area contributed by atoms with E-state index in [1.165, 1.54) is 33.8 Å². The van der Waals surface area contributed by atoms with Gasteiger partial charge in [0.15, 0.2) is 0 Å². The van der Waals surface area contributed by atoms with E-state index in [0.717, 1.165) is 18.5 Å². The van der Waals surface area contributed by atoms with Crippen LogP contribution in [0.25, 0.3) is 5.00 Å². The average Bonchev–Trinajstić information content (AvgIpc) is 3.34. The van der Waals surface area contributed by atoms with Gasteiger partial charge in [-0.25, -0.2) is 4.79 Å². The number of fused-ring (bicyclic) bond motifs is 5. The summed E-state index contributed by atoms with van der Waals surface area (Å²) in [6.07, 6.45) is 6.83. The molecule has 0 fully saturated rings. The quantitative estimate of drug-likeness (QED) is 0.515. The first kappa shape index (κ1) is 19.5. The molecule has 3 heterocycles. The van der Waals surface area contributed by atoms with E-state index in [0.29, 0.717) is 23.0 Å². The van der Waals surface area contributed by atoms with Gasteiger partial charge in [0.05, 0.1) is 25.4 Å². The number of methoxy groups -OCH3 is 1. The van der Waals surface area contributed by atoms with E-state index in [1.54, 1.807) is 25.3 Å². The van der Waals surface area contributed by atoms with Crippen LogP contribution in [0.4, 0.5) is 10.5 Å². The number of carbonyl (C=O) groups excluding carboxylic acids is 1. The highest BCUT2D eigenvalue weighted by atomic mass is 35.5. The molecule has 2 amide bonds. The molecule has 1 aliphatic carbocycles. The van der Waals surface area contributed by atoms with Gasteiger partial charge in [-0.05, 0) is 68.5 Å². The largest absolute Gasteiger partial charge is 0.495 e. The van der Waals surface area contributed by atoms with Crippen LogP contribution in [0.1, 0.15) is 47.5 Å². The van der Waals surface area contributed by atoms with Gasteiger partial charge in [0.2, 0.25) is 0 Å². The normalized spacial score (nSPS) is 17.6. The number of halogens is 1. The number of thiophene rings is 1. The second-order valence-electron chi connectivity index (χ2n) is 7.88. The number of rotatable bonds is 2. The number of carbonyl (C=O) groups is 1. The molecule has 1 N–H and O–H groups in total. The number of ether oxygens (including phenoxy) is 1. The van der Waals surface area contributed by atoms with Crippen LogP contribution in [-0.4, -0.2) is 22.6 Å². The third-order valence-electron chi connectivity index (χ3n) is 6.15. The van der Waals surface area contributed by atoms with Crippen molar-refractivity contribution in [2.45, 2.75) is 45.2 Å². The van der Waals surface area contributed by atoms with Crippen molar-refractivity contribution in [3.63, 3.8) is 0 Å². The van der Waals surface area contributed by atoms with E-state index in [1.807, 2.05) is 16.2 Å². The number of aromatic nitrogens is 1. The third-order valence-corrected chi connectivity index (χ3v) is 7.72. The number of hydrogen-bond donors (Lipinski definition) is 1.